The Hall–Kier alpha value is -1.64. The molecule has 0 radical (unpaired) electrons. The molecule has 206 valence electrons. The van der Waals surface area contributed by atoms with Crippen molar-refractivity contribution in [3.63, 3.8) is 0 Å². The number of amides is 1. The Morgan fingerprint density at radius 3 is 2.31 bits per heavy atom. The van der Waals surface area contributed by atoms with Gasteiger partial charge in [-0.05, 0) is 86.1 Å². The lowest BCUT2D eigenvalue weighted by Crippen LogP contribution is -2.38. The molecule has 36 heavy (non-hydrogen) atoms. The number of ether oxygens (including phenoxy) is 3. The summed E-state index contributed by atoms with van der Waals surface area (Å²) in [6.07, 6.45) is 6.65. The van der Waals surface area contributed by atoms with Gasteiger partial charge in [-0.2, -0.15) is 5.10 Å². The van der Waals surface area contributed by atoms with Gasteiger partial charge in [0.05, 0.1) is 18.9 Å². The maximum atomic E-state index is 12.3. The summed E-state index contributed by atoms with van der Waals surface area (Å²) in [5.41, 5.74) is 3.84. The van der Waals surface area contributed by atoms with E-state index in [0.29, 0.717) is 12.5 Å². The lowest BCUT2D eigenvalue weighted by Gasteiger charge is -2.40. The zero-order chi connectivity index (χ0) is 26.3. The second-order valence-electron chi connectivity index (χ2n) is 11.8. The minimum atomic E-state index is -0.480. The summed E-state index contributed by atoms with van der Waals surface area (Å²) in [6, 6.07) is 0. The van der Waals surface area contributed by atoms with Gasteiger partial charge in [-0.1, -0.05) is 0 Å². The number of fused-ring (bicyclic) bond motifs is 1. The van der Waals surface area contributed by atoms with Crippen LogP contribution in [0.15, 0.2) is 0 Å². The molecule has 0 N–H and O–H groups in total. The van der Waals surface area contributed by atoms with Gasteiger partial charge in [-0.15, -0.1) is 0 Å². The maximum Gasteiger partial charge on any atom is 0.410 e. The molecule has 8 nitrogen and oxygen atoms in total. The normalized spacial score (nSPS) is 18.0. The number of aryl methyl sites for hydroxylation is 1. The van der Waals surface area contributed by atoms with Crippen molar-refractivity contribution in [1.82, 2.24) is 19.6 Å². The van der Waals surface area contributed by atoms with E-state index in [2.05, 4.69) is 30.5 Å². The van der Waals surface area contributed by atoms with Gasteiger partial charge in [0, 0.05) is 63.1 Å². The van der Waals surface area contributed by atoms with Gasteiger partial charge < -0.3 is 19.1 Å². The van der Waals surface area contributed by atoms with E-state index in [0.717, 1.165) is 78.2 Å². The van der Waals surface area contributed by atoms with E-state index in [1.807, 2.05) is 20.8 Å². The third-order valence-electron chi connectivity index (χ3n) is 7.58. The Bertz CT molecular complexity index is 829. The van der Waals surface area contributed by atoms with Gasteiger partial charge in [0.25, 0.3) is 0 Å². The molecule has 0 atom stereocenters. The number of likely N-dealkylation sites (N-methyl/N-ethyl adjacent to an activating group) is 2. The van der Waals surface area contributed by atoms with Crippen LogP contribution in [0.3, 0.4) is 0 Å². The predicted molar refractivity (Wildman–Crippen MR) is 142 cm³/mol. The molecule has 1 aliphatic carbocycles. The monoisotopic (exact) mass is 506 g/mol. The average molecular weight is 507 g/mol. The second-order valence-corrected chi connectivity index (χ2v) is 11.8. The van der Waals surface area contributed by atoms with E-state index < -0.39 is 5.60 Å². The van der Waals surface area contributed by atoms with Crippen LogP contribution in [0.2, 0.25) is 0 Å². The highest BCUT2D eigenvalue weighted by molar-refractivity contribution is 5.67. The number of hydrogen-bond acceptors (Lipinski definition) is 6. The summed E-state index contributed by atoms with van der Waals surface area (Å²) in [5, 5.41) is 5.07. The van der Waals surface area contributed by atoms with E-state index in [9.17, 15) is 4.79 Å². The SMILES string of the molecule is CCOCC1(COCC)CCC(c2c(CN(C)CCN(C)C(=O)OC(C)(C)C)nn3c2CCC3)CC1. The van der Waals surface area contributed by atoms with Gasteiger partial charge in [0.2, 0.25) is 0 Å². The minimum Gasteiger partial charge on any atom is -0.444 e. The number of carbonyl (C=O) groups excluding carboxylic acids is 1. The Kier molecular flexibility index (Phi) is 10.2. The molecule has 1 aromatic rings. The number of aromatic nitrogens is 2. The third-order valence-corrected chi connectivity index (χ3v) is 7.58. The van der Waals surface area contributed by atoms with Crippen molar-refractivity contribution in [2.24, 2.45) is 5.41 Å². The molecule has 0 spiro atoms. The molecule has 1 amide bonds. The molecule has 3 rings (SSSR count). The third kappa shape index (κ3) is 7.68. The summed E-state index contributed by atoms with van der Waals surface area (Å²) in [5.74, 6) is 0.552. The Morgan fingerprint density at radius 1 is 1.08 bits per heavy atom. The van der Waals surface area contributed by atoms with Gasteiger partial charge in [-0.3, -0.25) is 9.58 Å². The van der Waals surface area contributed by atoms with Crippen LogP contribution >= 0.6 is 0 Å². The molecule has 0 saturated heterocycles. The number of rotatable bonds is 12. The summed E-state index contributed by atoms with van der Waals surface area (Å²) < 4.78 is 19.5. The largest absolute Gasteiger partial charge is 0.444 e. The van der Waals surface area contributed by atoms with E-state index >= 15 is 0 Å². The molecule has 0 bridgehead atoms. The topological polar surface area (TPSA) is 69.1 Å². The number of hydrogen-bond donors (Lipinski definition) is 0. The summed E-state index contributed by atoms with van der Waals surface area (Å²) in [7, 11) is 3.92. The van der Waals surface area contributed by atoms with Crippen molar-refractivity contribution in [3.8, 4) is 0 Å². The lowest BCUT2D eigenvalue weighted by atomic mass is 9.69. The van der Waals surface area contributed by atoms with Gasteiger partial charge >= 0.3 is 6.09 Å². The maximum absolute atomic E-state index is 12.3. The van der Waals surface area contributed by atoms with Crippen LogP contribution in [0.5, 0.6) is 0 Å². The van der Waals surface area contributed by atoms with E-state index in [1.165, 1.54) is 23.4 Å². The fourth-order valence-corrected chi connectivity index (χ4v) is 5.57. The first-order valence-corrected chi connectivity index (χ1v) is 13.9. The summed E-state index contributed by atoms with van der Waals surface area (Å²) >= 11 is 0. The molecule has 2 aliphatic rings. The molecule has 1 aromatic heterocycles. The molecule has 2 heterocycles. The van der Waals surface area contributed by atoms with Crippen molar-refractivity contribution < 1.29 is 19.0 Å². The first kappa shape index (κ1) is 28.9. The molecule has 8 heteroatoms. The molecular formula is C28H50N4O4. The van der Waals surface area contributed by atoms with Crippen LogP contribution in [0, 0.1) is 5.41 Å². The van der Waals surface area contributed by atoms with Crippen LogP contribution in [-0.4, -0.2) is 84.9 Å². The van der Waals surface area contributed by atoms with Crippen molar-refractivity contribution in [2.75, 3.05) is 53.6 Å². The Balaban J connectivity index is 1.64. The highest BCUT2D eigenvalue weighted by atomic mass is 16.6. The van der Waals surface area contributed by atoms with Crippen LogP contribution in [-0.2, 0) is 33.7 Å². The Labute approximate surface area is 218 Å². The summed E-state index contributed by atoms with van der Waals surface area (Å²) in [4.78, 5) is 16.3. The average Bonchev–Trinajstić information content (AvgIpc) is 3.40. The predicted octanol–water partition coefficient (Wildman–Crippen LogP) is 4.85. The first-order valence-electron chi connectivity index (χ1n) is 13.9. The standard InChI is InChI=1S/C28H50N4O4/c1-8-34-20-28(21-35-9-2)14-12-22(13-15-28)25-23(29-32-16-10-11-24(25)32)19-30(6)17-18-31(7)26(33)36-27(3,4)5/h22H,8-21H2,1-7H3. The highest BCUT2D eigenvalue weighted by Gasteiger charge is 2.39. The van der Waals surface area contributed by atoms with E-state index in [4.69, 9.17) is 19.3 Å². The number of nitrogens with zero attached hydrogens (tertiary/aromatic N) is 4. The highest BCUT2D eigenvalue weighted by Crippen LogP contribution is 2.46. The molecular weight excluding hydrogens is 456 g/mol. The van der Waals surface area contributed by atoms with Gasteiger partial charge in [0.1, 0.15) is 5.60 Å². The van der Waals surface area contributed by atoms with Crippen LogP contribution in [0.4, 0.5) is 4.79 Å². The molecule has 1 saturated carbocycles. The van der Waals surface area contributed by atoms with Crippen LogP contribution < -0.4 is 0 Å². The molecule has 1 aliphatic heterocycles. The minimum absolute atomic E-state index is 0.141. The van der Waals surface area contributed by atoms with Crippen molar-refractivity contribution >= 4 is 6.09 Å². The summed E-state index contributed by atoms with van der Waals surface area (Å²) in [6.45, 7) is 16.2. The first-order chi connectivity index (χ1) is 17.1. The van der Waals surface area contributed by atoms with Crippen molar-refractivity contribution in [2.45, 2.75) is 97.8 Å². The molecule has 1 fully saturated rings. The fourth-order valence-electron chi connectivity index (χ4n) is 5.57. The van der Waals surface area contributed by atoms with Gasteiger partial charge in [0.15, 0.2) is 0 Å². The molecule has 0 unspecified atom stereocenters. The fraction of sp³-hybridized carbons (Fsp3) is 0.857. The van der Waals surface area contributed by atoms with Crippen LogP contribution in [0.1, 0.15) is 89.6 Å². The van der Waals surface area contributed by atoms with Crippen molar-refractivity contribution in [1.29, 1.82) is 0 Å². The van der Waals surface area contributed by atoms with E-state index in [-0.39, 0.29) is 11.5 Å². The second kappa shape index (κ2) is 12.7. The van der Waals surface area contributed by atoms with E-state index in [1.54, 1.807) is 11.9 Å². The van der Waals surface area contributed by atoms with Crippen LogP contribution in [0.25, 0.3) is 0 Å². The van der Waals surface area contributed by atoms with Gasteiger partial charge in [-0.25, -0.2) is 4.79 Å². The smallest absolute Gasteiger partial charge is 0.410 e. The zero-order valence-electron chi connectivity index (χ0n) is 23.9. The molecule has 0 aromatic carbocycles. The van der Waals surface area contributed by atoms with Crippen molar-refractivity contribution in [3.05, 3.63) is 17.0 Å². The zero-order valence-corrected chi connectivity index (χ0v) is 23.9. The number of carbonyl (C=O) groups is 1. The lowest BCUT2D eigenvalue weighted by molar-refractivity contribution is -0.0395. The Morgan fingerprint density at radius 2 is 1.72 bits per heavy atom. The quantitative estimate of drug-likeness (QED) is 0.404.